The fourth-order valence-corrected chi connectivity index (χ4v) is 6.33. The van der Waals surface area contributed by atoms with Crippen molar-refractivity contribution < 1.29 is 43.5 Å². The molecule has 61 heavy (non-hydrogen) atoms. The van der Waals surface area contributed by atoms with Gasteiger partial charge in [-0.05, 0) is 42.9 Å². The molecule has 0 spiro atoms. The number of para-hydroxylation sites is 1. The van der Waals surface area contributed by atoms with Crippen LogP contribution in [0.1, 0.15) is 50.4 Å². The summed E-state index contributed by atoms with van der Waals surface area (Å²) >= 11 is 0. The average molecular weight is 844 g/mol. The Labute approximate surface area is 351 Å². The highest BCUT2D eigenvalue weighted by atomic mass is 16.4. The number of carboxylic acids is 1. The Hall–Kier alpha value is -7.09. The van der Waals surface area contributed by atoms with Crippen molar-refractivity contribution in [3.05, 3.63) is 90.1 Å². The van der Waals surface area contributed by atoms with Crippen LogP contribution in [0, 0.1) is 5.92 Å². The number of hydrogen-bond acceptors (Lipinski definition) is 10. The third-order valence-electron chi connectivity index (χ3n) is 9.71. The lowest BCUT2D eigenvalue weighted by Crippen LogP contribution is -2.59. The van der Waals surface area contributed by atoms with Crippen molar-refractivity contribution in [3.8, 4) is 0 Å². The number of carboxylic acid groups (broad SMARTS) is 1. The van der Waals surface area contributed by atoms with Gasteiger partial charge in [-0.25, -0.2) is 9.78 Å². The first-order valence-corrected chi connectivity index (χ1v) is 19.6. The van der Waals surface area contributed by atoms with Crippen molar-refractivity contribution >= 4 is 58.2 Å². The molecule has 13 N–H and O–H groups in total. The van der Waals surface area contributed by atoms with E-state index in [0.29, 0.717) is 11.3 Å². The van der Waals surface area contributed by atoms with Gasteiger partial charge in [0.05, 0.1) is 18.9 Å². The minimum Gasteiger partial charge on any atom is -0.480 e. The summed E-state index contributed by atoms with van der Waals surface area (Å²) in [6.45, 7) is 4.07. The van der Waals surface area contributed by atoms with Crippen molar-refractivity contribution in [1.82, 2.24) is 46.9 Å². The number of hydrogen-bond donors (Lipinski definition) is 11. The lowest BCUT2D eigenvalue weighted by molar-refractivity contribution is -0.141. The largest absolute Gasteiger partial charge is 0.480 e. The van der Waals surface area contributed by atoms with Crippen molar-refractivity contribution in [2.45, 2.75) is 89.1 Å². The summed E-state index contributed by atoms with van der Waals surface area (Å²) in [5.74, 6) is -7.08. The summed E-state index contributed by atoms with van der Waals surface area (Å²) < 4.78 is 0. The molecule has 6 atom stereocenters. The zero-order chi connectivity index (χ0) is 44.6. The summed E-state index contributed by atoms with van der Waals surface area (Å²) in [7, 11) is 0. The summed E-state index contributed by atoms with van der Waals surface area (Å²) in [4.78, 5) is 113. The highest BCUT2D eigenvalue weighted by molar-refractivity contribution is 5.97. The van der Waals surface area contributed by atoms with Crippen LogP contribution in [-0.4, -0.2) is 110 Å². The third kappa shape index (κ3) is 14.3. The molecule has 2 aromatic carbocycles. The third-order valence-corrected chi connectivity index (χ3v) is 9.71. The maximum atomic E-state index is 14.0. The van der Waals surface area contributed by atoms with Gasteiger partial charge in [0, 0.05) is 48.3 Å². The van der Waals surface area contributed by atoms with Gasteiger partial charge in [0.15, 0.2) is 0 Å². The van der Waals surface area contributed by atoms with E-state index in [4.69, 9.17) is 11.5 Å². The molecule has 7 amide bonds. The molecule has 0 aliphatic rings. The predicted octanol–water partition coefficient (Wildman–Crippen LogP) is -1.19. The van der Waals surface area contributed by atoms with Gasteiger partial charge in [0.2, 0.25) is 41.4 Å². The number of aromatic nitrogens is 3. The molecular weight excluding hydrogens is 791 g/mol. The second-order valence-electron chi connectivity index (χ2n) is 14.9. The average Bonchev–Trinajstić information content (AvgIpc) is 3.90. The fourth-order valence-electron chi connectivity index (χ4n) is 6.33. The first kappa shape index (κ1) is 46.6. The van der Waals surface area contributed by atoms with E-state index in [9.17, 15) is 43.5 Å². The van der Waals surface area contributed by atoms with Crippen molar-refractivity contribution in [2.75, 3.05) is 6.54 Å². The van der Waals surface area contributed by atoms with Crippen LogP contribution in [0.3, 0.4) is 0 Å². The van der Waals surface area contributed by atoms with Gasteiger partial charge in [0.25, 0.3) is 0 Å². The number of primary amides is 1. The maximum Gasteiger partial charge on any atom is 0.326 e. The second kappa shape index (κ2) is 22.3. The summed E-state index contributed by atoms with van der Waals surface area (Å²) in [5, 5.41) is 25.5. The molecule has 2 heterocycles. The van der Waals surface area contributed by atoms with E-state index in [0.717, 1.165) is 16.5 Å². The fraction of sp³-hybridized carbons (Fsp3) is 0.390. The zero-order valence-corrected chi connectivity index (χ0v) is 34.0. The lowest BCUT2D eigenvalue weighted by Gasteiger charge is -2.26. The number of carbonyl (C=O) groups excluding carboxylic acids is 7. The number of rotatable bonds is 23. The van der Waals surface area contributed by atoms with Gasteiger partial charge in [-0.3, -0.25) is 33.6 Å². The molecule has 0 aliphatic carbocycles. The molecule has 0 aliphatic heterocycles. The van der Waals surface area contributed by atoms with Crippen LogP contribution in [0.4, 0.5) is 0 Å². The first-order valence-electron chi connectivity index (χ1n) is 19.6. The van der Waals surface area contributed by atoms with Crippen molar-refractivity contribution in [2.24, 2.45) is 17.4 Å². The molecule has 0 saturated carbocycles. The number of H-pyrrole nitrogens is 2. The molecule has 20 heteroatoms. The van der Waals surface area contributed by atoms with Crippen LogP contribution in [0.2, 0.25) is 0 Å². The Balaban J connectivity index is 1.44. The van der Waals surface area contributed by atoms with Gasteiger partial charge in [-0.2, -0.15) is 0 Å². The second-order valence-corrected chi connectivity index (χ2v) is 14.9. The van der Waals surface area contributed by atoms with Crippen LogP contribution >= 0.6 is 0 Å². The van der Waals surface area contributed by atoms with Gasteiger partial charge in [-0.1, -0.05) is 62.4 Å². The van der Waals surface area contributed by atoms with E-state index in [-0.39, 0.29) is 32.1 Å². The van der Waals surface area contributed by atoms with Crippen molar-refractivity contribution in [1.29, 1.82) is 0 Å². The van der Waals surface area contributed by atoms with Gasteiger partial charge in [0.1, 0.15) is 30.2 Å². The van der Waals surface area contributed by atoms with E-state index >= 15 is 0 Å². The number of aliphatic carboxylic acids is 1. The van der Waals surface area contributed by atoms with Gasteiger partial charge < -0.3 is 58.4 Å². The van der Waals surface area contributed by atoms with E-state index < -0.39 is 96.0 Å². The maximum absolute atomic E-state index is 14.0. The van der Waals surface area contributed by atoms with E-state index in [1.165, 1.54) is 19.4 Å². The van der Waals surface area contributed by atoms with E-state index in [1.54, 1.807) is 50.4 Å². The number of nitrogens with zero attached hydrogens (tertiary/aromatic N) is 1. The number of imidazole rings is 1. The number of benzene rings is 2. The van der Waals surface area contributed by atoms with Gasteiger partial charge >= 0.3 is 5.97 Å². The highest BCUT2D eigenvalue weighted by Crippen LogP contribution is 2.19. The number of carbonyl (C=O) groups is 8. The summed E-state index contributed by atoms with van der Waals surface area (Å²) in [6, 6.07) is 8.85. The quantitative estimate of drug-likeness (QED) is 0.0422. The molecule has 0 fully saturated rings. The van der Waals surface area contributed by atoms with Crippen molar-refractivity contribution in [3.63, 3.8) is 0 Å². The highest BCUT2D eigenvalue weighted by Gasteiger charge is 2.32. The van der Waals surface area contributed by atoms with E-state index in [2.05, 4.69) is 46.9 Å². The normalized spacial score (nSPS) is 14.0. The Morgan fingerprint density at radius 2 is 1.39 bits per heavy atom. The number of aromatic amines is 2. The predicted molar refractivity (Wildman–Crippen MR) is 222 cm³/mol. The smallest absolute Gasteiger partial charge is 0.326 e. The molecular formula is C41H53N11O9. The molecule has 2 aromatic heterocycles. The monoisotopic (exact) mass is 843 g/mol. The van der Waals surface area contributed by atoms with Crippen LogP contribution in [-0.2, 0) is 57.6 Å². The van der Waals surface area contributed by atoms with Gasteiger partial charge in [-0.15, -0.1) is 0 Å². The van der Waals surface area contributed by atoms with Crippen LogP contribution in [0.25, 0.3) is 10.9 Å². The molecule has 0 unspecified atom stereocenters. The molecule has 326 valence electrons. The number of amides is 7. The summed E-state index contributed by atoms with van der Waals surface area (Å²) in [6.07, 6.45) is 4.01. The van der Waals surface area contributed by atoms with Crippen LogP contribution in [0.15, 0.2) is 73.3 Å². The van der Waals surface area contributed by atoms with Crippen LogP contribution < -0.4 is 43.4 Å². The molecule has 20 nitrogen and oxygen atoms in total. The molecule has 4 aromatic rings. The molecule has 0 bridgehead atoms. The Kier molecular flexibility index (Phi) is 17.1. The minimum atomic E-state index is -1.32. The molecule has 0 saturated heterocycles. The zero-order valence-electron chi connectivity index (χ0n) is 34.0. The first-order chi connectivity index (χ1) is 29.0. The van der Waals surface area contributed by atoms with E-state index in [1.807, 2.05) is 24.3 Å². The summed E-state index contributed by atoms with van der Waals surface area (Å²) in [5.41, 5.74) is 14.2. The Bertz CT molecular complexity index is 2160. The Morgan fingerprint density at radius 1 is 0.721 bits per heavy atom. The SMILES string of the molecule is CC(C)[C@H](NC(=O)[C@H](C)NC(=O)[C@H](Cc1c[nH]c2ccccc12)NC(=O)[C@H](CCC(N)=O)NC(=O)[C@H](N)Cc1ccccc1)C(=O)NCC(=O)N[C@@H](Cc1cnc[nH]1)C(=O)O. The molecule has 0 radical (unpaired) electrons. The number of fused-ring (bicyclic) bond motifs is 1. The standard InChI is InChI=1S/C41H53N11O9/c1-22(2)35(40(59)46-20-34(54)49-32(41(60)61)17-26-19-44-21-47-26)52-36(55)23(3)48-39(58)31(16-25-18-45-29-12-8-7-11-27(25)29)51-38(57)30(13-14-33(43)53)50-37(56)28(42)15-24-9-5-4-6-10-24/h4-12,18-19,21-23,28,30-32,35,45H,13-17,20,42H2,1-3H3,(H2,43,53)(H,44,47)(H,46,59)(H,48,58)(H,49,54)(H,50,56)(H,51,57)(H,52,55)(H,60,61)/t23-,28+,30-,31-,32-,35-/m0/s1. The Morgan fingerprint density at radius 3 is 2.05 bits per heavy atom. The topological polar surface area (TPSA) is 325 Å². The lowest BCUT2D eigenvalue weighted by atomic mass is 10.0. The van der Waals surface area contributed by atoms with Crippen LogP contribution in [0.5, 0.6) is 0 Å². The minimum absolute atomic E-state index is 0.0658. The number of nitrogens with one attached hydrogen (secondary N) is 8. The molecule has 4 rings (SSSR count). The number of nitrogens with two attached hydrogens (primary N) is 2.